The maximum Gasteiger partial charge on any atom is 0.140 e. The lowest BCUT2D eigenvalue weighted by Gasteiger charge is -2.36. The van der Waals surface area contributed by atoms with Gasteiger partial charge in [0.15, 0.2) is 0 Å². The van der Waals surface area contributed by atoms with Crippen LogP contribution in [0, 0.1) is 0 Å². The Morgan fingerprint density at radius 2 is 1.90 bits per heavy atom. The Bertz CT molecular complexity index is 588. The van der Waals surface area contributed by atoms with Gasteiger partial charge in [0, 0.05) is 13.1 Å². The van der Waals surface area contributed by atoms with Crippen molar-refractivity contribution in [1.82, 2.24) is 9.97 Å². The van der Waals surface area contributed by atoms with E-state index in [1.807, 2.05) is 0 Å². The van der Waals surface area contributed by atoms with Crippen molar-refractivity contribution < 1.29 is 4.74 Å². The van der Waals surface area contributed by atoms with Crippen LogP contribution in [0.5, 0.6) is 0 Å². The van der Waals surface area contributed by atoms with Gasteiger partial charge in [-0.05, 0) is 43.6 Å². The van der Waals surface area contributed by atoms with Crippen molar-refractivity contribution in [2.45, 2.75) is 44.3 Å². The fourth-order valence-corrected chi connectivity index (χ4v) is 3.74. The summed E-state index contributed by atoms with van der Waals surface area (Å²) >= 11 is 1.68. The molecule has 0 atom stereocenters. The molecular formula is C15H19N3OS. The molecule has 4 nitrogen and oxygen atoms in total. The van der Waals surface area contributed by atoms with E-state index in [1.165, 1.54) is 24.6 Å². The Balaban J connectivity index is 1.44. The normalized spacial score (nSPS) is 21.3. The Hall–Kier alpha value is -1.20. The second kappa shape index (κ2) is 5.30. The summed E-state index contributed by atoms with van der Waals surface area (Å²) in [5.41, 5.74) is 0. The minimum atomic E-state index is 0.455. The van der Waals surface area contributed by atoms with Crippen LogP contribution in [0.3, 0.4) is 0 Å². The molecule has 0 amide bonds. The molecule has 0 N–H and O–H groups in total. The van der Waals surface area contributed by atoms with Gasteiger partial charge in [0.25, 0.3) is 0 Å². The summed E-state index contributed by atoms with van der Waals surface area (Å²) in [5, 5.41) is 3.28. The first kappa shape index (κ1) is 12.5. The topological polar surface area (TPSA) is 38.2 Å². The van der Waals surface area contributed by atoms with Crippen molar-refractivity contribution in [3.8, 4) is 0 Å². The molecule has 1 saturated heterocycles. The predicted octanol–water partition coefficient (Wildman–Crippen LogP) is 3.23. The monoisotopic (exact) mass is 289 g/mol. The number of ether oxygens (including phenoxy) is 1. The van der Waals surface area contributed by atoms with Gasteiger partial charge in [-0.25, -0.2) is 9.97 Å². The summed E-state index contributed by atoms with van der Waals surface area (Å²) in [5.74, 6) is 1.10. The average Bonchev–Trinajstić information content (AvgIpc) is 2.92. The molecule has 0 aromatic carbocycles. The molecule has 0 radical (unpaired) electrons. The van der Waals surface area contributed by atoms with Crippen LogP contribution in [0.1, 0.15) is 32.1 Å². The standard InChI is InChI=1S/C15H19N3OS/c1-2-11(3-1)19-12-4-7-18(8-5-12)14-13-6-9-20-15(13)17-10-16-14/h6,9-12H,1-5,7-8H2. The molecule has 4 rings (SSSR count). The van der Waals surface area contributed by atoms with Crippen LogP contribution >= 0.6 is 11.3 Å². The van der Waals surface area contributed by atoms with E-state index in [2.05, 4.69) is 26.3 Å². The summed E-state index contributed by atoms with van der Waals surface area (Å²) in [6.07, 6.45) is 8.80. The summed E-state index contributed by atoms with van der Waals surface area (Å²) in [4.78, 5) is 12.3. The van der Waals surface area contributed by atoms with Crippen LogP contribution in [0.4, 0.5) is 5.82 Å². The summed E-state index contributed by atoms with van der Waals surface area (Å²) in [7, 11) is 0. The van der Waals surface area contributed by atoms with Gasteiger partial charge in [0.1, 0.15) is 17.0 Å². The summed E-state index contributed by atoms with van der Waals surface area (Å²) in [6.45, 7) is 2.08. The van der Waals surface area contributed by atoms with E-state index in [9.17, 15) is 0 Å². The first-order chi connectivity index (χ1) is 9.90. The van der Waals surface area contributed by atoms with Crippen LogP contribution in [-0.2, 0) is 4.74 Å². The van der Waals surface area contributed by atoms with E-state index in [0.717, 1.165) is 36.6 Å². The third kappa shape index (κ3) is 2.29. The van der Waals surface area contributed by atoms with Gasteiger partial charge in [-0.3, -0.25) is 0 Å². The summed E-state index contributed by atoms with van der Waals surface area (Å²) < 4.78 is 6.13. The number of hydrogen-bond acceptors (Lipinski definition) is 5. The van der Waals surface area contributed by atoms with Crippen LogP contribution in [0.2, 0.25) is 0 Å². The molecule has 1 saturated carbocycles. The minimum absolute atomic E-state index is 0.455. The van der Waals surface area contributed by atoms with Crippen molar-refractivity contribution in [1.29, 1.82) is 0 Å². The number of thiophene rings is 1. The number of fused-ring (bicyclic) bond motifs is 1. The van der Waals surface area contributed by atoms with E-state index >= 15 is 0 Å². The van der Waals surface area contributed by atoms with Gasteiger partial charge in [-0.2, -0.15) is 0 Å². The van der Waals surface area contributed by atoms with Gasteiger partial charge >= 0.3 is 0 Å². The van der Waals surface area contributed by atoms with Crippen LogP contribution in [0.15, 0.2) is 17.8 Å². The second-order valence-electron chi connectivity index (χ2n) is 5.71. The van der Waals surface area contributed by atoms with Crippen molar-refractivity contribution in [3.63, 3.8) is 0 Å². The highest BCUT2D eigenvalue weighted by atomic mass is 32.1. The highest BCUT2D eigenvalue weighted by Crippen LogP contribution is 2.30. The Morgan fingerprint density at radius 1 is 1.10 bits per heavy atom. The van der Waals surface area contributed by atoms with Crippen molar-refractivity contribution in [2.24, 2.45) is 0 Å². The van der Waals surface area contributed by atoms with Gasteiger partial charge in [-0.1, -0.05) is 0 Å². The van der Waals surface area contributed by atoms with Crippen LogP contribution < -0.4 is 4.90 Å². The molecule has 106 valence electrons. The van der Waals surface area contributed by atoms with E-state index < -0.39 is 0 Å². The number of anilines is 1. The van der Waals surface area contributed by atoms with E-state index in [-0.39, 0.29) is 0 Å². The Labute approximate surface area is 122 Å². The smallest absolute Gasteiger partial charge is 0.140 e. The van der Waals surface area contributed by atoms with Gasteiger partial charge in [0.2, 0.25) is 0 Å². The molecule has 0 unspecified atom stereocenters. The molecule has 1 aliphatic heterocycles. The number of nitrogens with zero attached hydrogens (tertiary/aromatic N) is 3. The molecule has 2 aromatic heterocycles. The van der Waals surface area contributed by atoms with E-state index in [0.29, 0.717) is 12.2 Å². The van der Waals surface area contributed by atoms with Crippen molar-refractivity contribution in [2.75, 3.05) is 18.0 Å². The molecule has 2 fully saturated rings. The Morgan fingerprint density at radius 3 is 2.65 bits per heavy atom. The quantitative estimate of drug-likeness (QED) is 0.869. The maximum absolute atomic E-state index is 6.13. The lowest BCUT2D eigenvalue weighted by atomic mass is 9.95. The maximum atomic E-state index is 6.13. The largest absolute Gasteiger partial charge is 0.375 e. The first-order valence-electron chi connectivity index (χ1n) is 7.49. The number of hydrogen-bond donors (Lipinski definition) is 0. The minimum Gasteiger partial charge on any atom is -0.375 e. The molecule has 0 bridgehead atoms. The number of piperidine rings is 1. The van der Waals surface area contributed by atoms with Crippen molar-refractivity contribution in [3.05, 3.63) is 17.8 Å². The van der Waals surface area contributed by atoms with Gasteiger partial charge in [-0.15, -0.1) is 11.3 Å². The molecule has 0 spiro atoms. The third-order valence-electron chi connectivity index (χ3n) is 4.42. The molecule has 20 heavy (non-hydrogen) atoms. The summed E-state index contributed by atoms with van der Waals surface area (Å²) in [6, 6.07) is 2.13. The predicted molar refractivity (Wildman–Crippen MR) is 81.4 cm³/mol. The second-order valence-corrected chi connectivity index (χ2v) is 6.61. The Kier molecular flexibility index (Phi) is 3.32. The highest BCUT2D eigenvalue weighted by molar-refractivity contribution is 7.16. The van der Waals surface area contributed by atoms with Crippen molar-refractivity contribution >= 4 is 27.4 Å². The molecule has 2 aliphatic rings. The lowest BCUT2D eigenvalue weighted by Crippen LogP contribution is -2.40. The first-order valence-corrected chi connectivity index (χ1v) is 8.37. The number of rotatable bonds is 3. The van der Waals surface area contributed by atoms with E-state index in [4.69, 9.17) is 4.74 Å². The zero-order valence-corrected chi connectivity index (χ0v) is 12.3. The van der Waals surface area contributed by atoms with E-state index in [1.54, 1.807) is 17.7 Å². The average molecular weight is 289 g/mol. The van der Waals surface area contributed by atoms with Crippen LogP contribution in [-0.4, -0.2) is 35.3 Å². The fraction of sp³-hybridized carbons (Fsp3) is 0.600. The third-order valence-corrected chi connectivity index (χ3v) is 5.24. The molecule has 2 aromatic rings. The number of aromatic nitrogens is 2. The molecule has 3 heterocycles. The zero-order chi connectivity index (χ0) is 13.4. The molecule has 5 heteroatoms. The van der Waals surface area contributed by atoms with Crippen LogP contribution in [0.25, 0.3) is 10.2 Å². The molecular weight excluding hydrogens is 270 g/mol. The highest BCUT2D eigenvalue weighted by Gasteiger charge is 2.27. The lowest BCUT2D eigenvalue weighted by molar-refractivity contribution is -0.0596. The SMILES string of the molecule is c1nc(N2CCC(OC3CCC3)CC2)c2ccsc2n1. The molecule has 1 aliphatic carbocycles. The fourth-order valence-electron chi connectivity index (χ4n) is 3.01. The zero-order valence-electron chi connectivity index (χ0n) is 11.5. The van der Waals surface area contributed by atoms with Gasteiger partial charge in [0.05, 0.1) is 17.6 Å². The van der Waals surface area contributed by atoms with Gasteiger partial charge < -0.3 is 9.64 Å².